The van der Waals surface area contributed by atoms with Crippen LogP contribution in [0, 0.1) is 0 Å². The highest BCUT2D eigenvalue weighted by atomic mass is 79.9. The smallest absolute Gasteiger partial charge is 0.169 e. The van der Waals surface area contributed by atoms with Crippen LogP contribution in [0.2, 0.25) is 0 Å². The minimum atomic E-state index is 0.854. The molecule has 2 heterocycles. The van der Waals surface area contributed by atoms with Crippen LogP contribution < -0.4 is 0 Å². The van der Waals surface area contributed by atoms with Crippen molar-refractivity contribution in [1.82, 2.24) is 19.5 Å². The Labute approximate surface area is 90.7 Å². The van der Waals surface area contributed by atoms with Crippen LogP contribution in [0.5, 0.6) is 0 Å². The third-order valence-electron chi connectivity index (χ3n) is 1.93. The maximum absolute atomic E-state index is 4.18. The molecular weight excluding hydrogens is 244 g/mol. The molecule has 0 saturated carbocycles. The molecule has 2 aromatic heterocycles. The molecule has 0 radical (unpaired) electrons. The number of aromatic nitrogens is 3. The minimum Gasteiger partial charge on any atom is -0.304 e. The molecule has 2 aromatic rings. The van der Waals surface area contributed by atoms with E-state index in [9.17, 15) is 0 Å². The average Bonchev–Trinajstić information content (AvgIpc) is 2.58. The first kappa shape index (κ1) is 9.61. The van der Waals surface area contributed by atoms with Crippen LogP contribution in [0.25, 0.3) is 5.65 Å². The summed E-state index contributed by atoms with van der Waals surface area (Å²) in [5.41, 5.74) is 2.00. The number of rotatable bonds is 2. The maximum atomic E-state index is 4.18. The lowest BCUT2D eigenvalue weighted by atomic mass is 10.3. The second-order valence-corrected chi connectivity index (χ2v) is 4.26. The first-order chi connectivity index (χ1) is 6.68. The zero-order valence-corrected chi connectivity index (χ0v) is 9.69. The Morgan fingerprint density at radius 1 is 1.43 bits per heavy atom. The van der Waals surface area contributed by atoms with Gasteiger partial charge >= 0.3 is 0 Å². The van der Waals surface area contributed by atoms with Gasteiger partial charge in [-0.2, -0.15) is 5.10 Å². The summed E-state index contributed by atoms with van der Waals surface area (Å²) < 4.78 is 2.82. The van der Waals surface area contributed by atoms with E-state index in [-0.39, 0.29) is 0 Å². The van der Waals surface area contributed by atoms with Gasteiger partial charge in [-0.3, -0.25) is 0 Å². The number of halogens is 1. The van der Waals surface area contributed by atoms with Gasteiger partial charge in [0.2, 0.25) is 0 Å². The van der Waals surface area contributed by atoms with Crippen LogP contribution in [0.3, 0.4) is 0 Å². The van der Waals surface area contributed by atoms with Crippen molar-refractivity contribution in [1.29, 1.82) is 0 Å². The molecule has 0 bridgehead atoms. The topological polar surface area (TPSA) is 33.4 Å². The van der Waals surface area contributed by atoms with Crippen molar-refractivity contribution in [3.63, 3.8) is 0 Å². The maximum Gasteiger partial charge on any atom is 0.169 e. The standard InChI is InChI=1S/C9H11BrN4/c1-13(2)5-7-3-4-8(10)9-11-6-12-14(7)9/h3-4,6H,5H2,1-2H3. The molecule has 0 aromatic carbocycles. The van der Waals surface area contributed by atoms with Gasteiger partial charge in [-0.25, -0.2) is 9.50 Å². The molecule has 4 nitrogen and oxygen atoms in total. The van der Waals surface area contributed by atoms with Gasteiger partial charge in [-0.05, 0) is 42.2 Å². The third kappa shape index (κ3) is 1.65. The van der Waals surface area contributed by atoms with Crippen molar-refractivity contribution >= 4 is 21.6 Å². The molecule has 2 rings (SSSR count). The Kier molecular flexibility index (Phi) is 2.52. The van der Waals surface area contributed by atoms with E-state index in [4.69, 9.17) is 0 Å². The number of nitrogens with zero attached hydrogens (tertiary/aromatic N) is 4. The highest BCUT2D eigenvalue weighted by Gasteiger charge is 2.06. The van der Waals surface area contributed by atoms with E-state index in [0.717, 1.165) is 22.4 Å². The molecule has 0 aliphatic heterocycles. The van der Waals surface area contributed by atoms with E-state index >= 15 is 0 Å². The highest BCUT2D eigenvalue weighted by molar-refractivity contribution is 9.10. The van der Waals surface area contributed by atoms with Gasteiger partial charge in [-0.15, -0.1) is 0 Å². The minimum absolute atomic E-state index is 0.854. The summed E-state index contributed by atoms with van der Waals surface area (Å²) in [5.74, 6) is 0. The molecule has 0 amide bonds. The molecule has 74 valence electrons. The lowest BCUT2D eigenvalue weighted by Crippen LogP contribution is -2.14. The summed E-state index contributed by atoms with van der Waals surface area (Å²) in [6.07, 6.45) is 1.57. The van der Waals surface area contributed by atoms with Crippen LogP contribution in [0.4, 0.5) is 0 Å². The van der Waals surface area contributed by atoms with Gasteiger partial charge < -0.3 is 4.90 Å². The largest absolute Gasteiger partial charge is 0.304 e. The van der Waals surface area contributed by atoms with Crippen LogP contribution in [-0.2, 0) is 6.54 Å². The van der Waals surface area contributed by atoms with Gasteiger partial charge in [0.1, 0.15) is 6.33 Å². The summed E-state index contributed by atoms with van der Waals surface area (Å²) in [6, 6.07) is 4.05. The zero-order chi connectivity index (χ0) is 10.1. The van der Waals surface area contributed by atoms with Crippen molar-refractivity contribution in [2.24, 2.45) is 0 Å². The van der Waals surface area contributed by atoms with Gasteiger partial charge in [-0.1, -0.05) is 0 Å². The summed E-state index contributed by atoms with van der Waals surface area (Å²) in [7, 11) is 4.07. The average molecular weight is 255 g/mol. The Morgan fingerprint density at radius 3 is 2.93 bits per heavy atom. The number of fused-ring (bicyclic) bond motifs is 1. The van der Waals surface area contributed by atoms with Gasteiger partial charge in [0.15, 0.2) is 5.65 Å². The van der Waals surface area contributed by atoms with E-state index in [1.807, 2.05) is 30.7 Å². The lowest BCUT2D eigenvalue weighted by molar-refractivity contribution is 0.392. The highest BCUT2D eigenvalue weighted by Crippen LogP contribution is 2.17. The van der Waals surface area contributed by atoms with Crippen LogP contribution in [0.15, 0.2) is 22.9 Å². The van der Waals surface area contributed by atoms with E-state index in [1.54, 1.807) is 6.33 Å². The molecule has 0 aliphatic carbocycles. The zero-order valence-electron chi connectivity index (χ0n) is 8.11. The second-order valence-electron chi connectivity index (χ2n) is 3.41. The summed E-state index contributed by atoms with van der Waals surface area (Å²) in [6.45, 7) is 0.854. The molecule has 0 fully saturated rings. The summed E-state index contributed by atoms with van der Waals surface area (Å²) in [5, 5.41) is 4.18. The lowest BCUT2D eigenvalue weighted by Gasteiger charge is -2.10. The SMILES string of the molecule is CN(C)Cc1ccc(Br)c2ncnn12. The van der Waals surface area contributed by atoms with Crippen molar-refractivity contribution in [2.75, 3.05) is 14.1 Å². The normalized spacial score (nSPS) is 11.4. The van der Waals surface area contributed by atoms with Gasteiger partial charge in [0, 0.05) is 6.54 Å². The third-order valence-corrected chi connectivity index (χ3v) is 2.55. The van der Waals surface area contributed by atoms with Crippen LogP contribution in [0.1, 0.15) is 5.69 Å². The predicted octanol–water partition coefficient (Wildman–Crippen LogP) is 1.55. The van der Waals surface area contributed by atoms with E-state index in [0.29, 0.717) is 0 Å². The first-order valence-corrected chi connectivity index (χ1v) is 5.09. The van der Waals surface area contributed by atoms with Crippen molar-refractivity contribution < 1.29 is 0 Å². The monoisotopic (exact) mass is 254 g/mol. The number of hydrogen-bond donors (Lipinski definition) is 0. The Balaban J connectivity index is 2.55. The molecule has 0 saturated heterocycles. The van der Waals surface area contributed by atoms with Crippen LogP contribution in [-0.4, -0.2) is 33.6 Å². The van der Waals surface area contributed by atoms with Crippen molar-refractivity contribution in [2.45, 2.75) is 6.54 Å². The van der Waals surface area contributed by atoms with E-state index in [2.05, 4.69) is 30.9 Å². The molecule has 0 N–H and O–H groups in total. The summed E-state index contributed by atoms with van der Waals surface area (Å²) >= 11 is 3.44. The van der Waals surface area contributed by atoms with Crippen molar-refractivity contribution in [3.05, 3.63) is 28.6 Å². The molecule has 0 aliphatic rings. The number of hydrogen-bond acceptors (Lipinski definition) is 3. The Bertz CT molecular complexity index is 449. The van der Waals surface area contributed by atoms with Crippen molar-refractivity contribution in [3.8, 4) is 0 Å². The Morgan fingerprint density at radius 2 is 2.21 bits per heavy atom. The van der Waals surface area contributed by atoms with Crippen LogP contribution >= 0.6 is 15.9 Å². The van der Waals surface area contributed by atoms with E-state index < -0.39 is 0 Å². The molecular formula is C9H11BrN4. The molecule has 5 heteroatoms. The molecule has 0 unspecified atom stereocenters. The number of pyridine rings is 1. The molecule has 0 atom stereocenters. The first-order valence-electron chi connectivity index (χ1n) is 4.30. The van der Waals surface area contributed by atoms with E-state index in [1.165, 1.54) is 0 Å². The Hall–Kier alpha value is -0.940. The molecule has 14 heavy (non-hydrogen) atoms. The fraction of sp³-hybridized carbons (Fsp3) is 0.333. The quantitative estimate of drug-likeness (QED) is 0.816. The summed E-state index contributed by atoms with van der Waals surface area (Å²) in [4.78, 5) is 6.27. The molecule has 0 spiro atoms. The predicted molar refractivity (Wildman–Crippen MR) is 58.1 cm³/mol. The second kappa shape index (κ2) is 3.67. The van der Waals surface area contributed by atoms with Gasteiger partial charge in [0.05, 0.1) is 10.2 Å². The van der Waals surface area contributed by atoms with Gasteiger partial charge in [0.25, 0.3) is 0 Å². The fourth-order valence-corrected chi connectivity index (χ4v) is 1.78. The fourth-order valence-electron chi connectivity index (χ4n) is 1.37.